The number of amides is 1. The van der Waals surface area contributed by atoms with Gasteiger partial charge in [-0.3, -0.25) is 4.79 Å². The molecule has 1 aromatic carbocycles. The van der Waals surface area contributed by atoms with Crippen LogP contribution in [0.1, 0.15) is 19.4 Å². The second-order valence-electron chi connectivity index (χ2n) is 4.02. The normalized spacial score (nSPS) is 13.7. The van der Waals surface area contributed by atoms with Crippen LogP contribution in [0.15, 0.2) is 30.3 Å². The summed E-state index contributed by atoms with van der Waals surface area (Å²) in [4.78, 5) is 21.9. The molecule has 0 heterocycles. The van der Waals surface area contributed by atoms with Crippen molar-refractivity contribution < 1.29 is 19.4 Å². The minimum absolute atomic E-state index is 0.311. The van der Waals surface area contributed by atoms with E-state index in [0.717, 1.165) is 5.56 Å². The number of carbonyl (C=O) groups is 2. The zero-order chi connectivity index (χ0) is 13.5. The number of benzene rings is 1. The summed E-state index contributed by atoms with van der Waals surface area (Å²) < 4.78 is 5.46. The minimum Gasteiger partial charge on any atom is -0.480 e. The summed E-state index contributed by atoms with van der Waals surface area (Å²) in [5, 5.41) is 11.3. The van der Waals surface area contributed by atoms with Gasteiger partial charge in [0.2, 0.25) is 5.91 Å². The first-order chi connectivity index (χ1) is 8.50. The van der Waals surface area contributed by atoms with E-state index in [1.165, 1.54) is 6.92 Å². The average molecular weight is 251 g/mol. The minimum atomic E-state index is -1.11. The first-order valence-corrected chi connectivity index (χ1v) is 5.66. The molecule has 98 valence electrons. The van der Waals surface area contributed by atoms with E-state index in [2.05, 4.69) is 5.32 Å². The highest BCUT2D eigenvalue weighted by atomic mass is 16.5. The third kappa shape index (κ3) is 4.55. The number of carboxylic acid groups (broad SMARTS) is 1. The summed E-state index contributed by atoms with van der Waals surface area (Å²) in [6.07, 6.45) is -0.605. The highest BCUT2D eigenvalue weighted by molar-refractivity contribution is 5.82. The molecule has 0 aliphatic rings. The molecular formula is C13H17NO4. The predicted octanol–water partition coefficient (Wildman–Crippen LogP) is 1.18. The lowest BCUT2D eigenvalue weighted by atomic mass is 10.1. The third-order valence-electron chi connectivity index (χ3n) is 2.45. The van der Waals surface area contributed by atoms with Gasteiger partial charge in [-0.05, 0) is 12.5 Å². The number of aliphatic carboxylic acids is 1. The zero-order valence-electron chi connectivity index (χ0n) is 10.4. The summed E-state index contributed by atoms with van der Waals surface area (Å²) in [6.45, 7) is 3.21. The molecule has 1 amide bonds. The molecule has 5 nitrogen and oxygen atoms in total. The SMILES string of the molecule is CC(=O)N[C@@H](C(=O)O)[C@@H](C)OCc1ccccc1. The van der Waals surface area contributed by atoms with E-state index in [-0.39, 0.29) is 0 Å². The van der Waals surface area contributed by atoms with Gasteiger partial charge >= 0.3 is 5.97 Å². The van der Waals surface area contributed by atoms with Gasteiger partial charge in [0.05, 0.1) is 12.7 Å². The summed E-state index contributed by atoms with van der Waals surface area (Å²) in [6, 6.07) is 8.40. The van der Waals surface area contributed by atoms with Crippen LogP contribution in [-0.2, 0) is 20.9 Å². The van der Waals surface area contributed by atoms with Gasteiger partial charge in [0, 0.05) is 6.92 Å². The van der Waals surface area contributed by atoms with Crippen LogP contribution in [0.2, 0.25) is 0 Å². The van der Waals surface area contributed by atoms with Crippen molar-refractivity contribution in [1.82, 2.24) is 5.32 Å². The molecule has 0 fully saturated rings. The number of carboxylic acids is 1. The highest BCUT2D eigenvalue weighted by Crippen LogP contribution is 2.06. The maximum atomic E-state index is 11.0. The van der Waals surface area contributed by atoms with Crippen molar-refractivity contribution in [1.29, 1.82) is 0 Å². The molecular weight excluding hydrogens is 234 g/mol. The summed E-state index contributed by atoms with van der Waals surface area (Å²) in [5.41, 5.74) is 0.955. The van der Waals surface area contributed by atoms with Crippen LogP contribution in [-0.4, -0.2) is 29.1 Å². The first-order valence-electron chi connectivity index (χ1n) is 5.66. The summed E-state index contributed by atoms with van der Waals surface area (Å²) >= 11 is 0. The zero-order valence-corrected chi connectivity index (χ0v) is 10.4. The Morgan fingerprint density at radius 3 is 2.44 bits per heavy atom. The number of hydrogen-bond donors (Lipinski definition) is 2. The van der Waals surface area contributed by atoms with Gasteiger partial charge in [-0.1, -0.05) is 30.3 Å². The molecule has 0 radical (unpaired) electrons. The molecule has 2 atom stereocenters. The van der Waals surface area contributed by atoms with Gasteiger partial charge in [0.15, 0.2) is 6.04 Å². The quantitative estimate of drug-likeness (QED) is 0.796. The fraction of sp³-hybridized carbons (Fsp3) is 0.385. The first kappa shape index (κ1) is 14.2. The molecule has 2 N–H and O–H groups in total. The van der Waals surface area contributed by atoms with Crippen molar-refractivity contribution in [2.45, 2.75) is 32.6 Å². The van der Waals surface area contributed by atoms with E-state index < -0.39 is 24.0 Å². The van der Waals surface area contributed by atoms with Crippen molar-refractivity contribution in [2.24, 2.45) is 0 Å². The largest absolute Gasteiger partial charge is 0.480 e. The molecule has 0 bridgehead atoms. The van der Waals surface area contributed by atoms with Crippen molar-refractivity contribution in [2.75, 3.05) is 0 Å². The third-order valence-corrected chi connectivity index (χ3v) is 2.45. The number of hydrogen-bond acceptors (Lipinski definition) is 3. The molecule has 0 aliphatic carbocycles. The Balaban J connectivity index is 2.54. The number of carbonyl (C=O) groups excluding carboxylic acids is 1. The topological polar surface area (TPSA) is 75.6 Å². The van der Waals surface area contributed by atoms with E-state index in [9.17, 15) is 9.59 Å². The van der Waals surface area contributed by atoms with Gasteiger partial charge in [-0.15, -0.1) is 0 Å². The lowest BCUT2D eigenvalue weighted by Crippen LogP contribution is -2.47. The molecule has 1 aromatic rings. The predicted molar refractivity (Wildman–Crippen MR) is 65.9 cm³/mol. The van der Waals surface area contributed by atoms with Crippen LogP contribution in [0.3, 0.4) is 0 Å². The van der Waals surface area contributed by atoms with E-state index in [1.54, 1.807) is 6.92 Å². The van der Waals surface area contributed by atoms with Crippen molar-refractivity contribution in [3.63, 3.8) is 0 Å². The van der Waals surface area contributed by atoms with E-state index in [0.29, 0.717) is 6.61 Å². The molecule has 0 saturated carbocycles. The molecule has 5 heteroatoms. The molecule has 0 aromatic heterocycles. The van der Waals surface area contributed by atoms with Gasteiger partial charge in [-0.25, -0.2) is 4.79 Å². The lowest BCUT2D eigenvalue weighted by Gasteiger charge is -2.21. The van der Waals surface area contributed by atoms with E-state index in [1.807, 2.05) is 30.3 Å². The van der Waals surface area contributed by atoms with Crippen LogP contribution in [0.25, 0.3) is 0 Å². The Hall–Kier alpha value is -1.88. The maximum Gasteiger partial charge on any atom is 0.328 e. The Bertz CT molecular complexity index is 405. The Morgan fingerprint density at radius 2 is 1.94 bits per heavy atom. The molecule has 0 spiro atoms. The summed E-state index contributed by atoms with van der Waals surface area (Å²) in [5.74, 6) is -1.50. The monoisotopic (exact) mass is 251 g/mol. The van der Waals surface area contributed by atoms with Gasteiger partial charge < -0.3 is 15.2 Å². The standard InChI is InChI=1S/C13H17NO4/c1-9(12(13(16)17)14-10(2)15)18-8-11-6-4-3-5-7-11/h3-7,9,12H,8H2,1-2H3,(H,14,15)(H,16,17)/t9-,12-/m1/s1. The van der Waals surface area contributed by atoms with Crippen LogP contribution in [0.4, 0.5) is 0 Å². The Kier molecular flexibility index (Phi) is 5.32. The molecule has 0 unspecified atom stereocenters. The molecule has 1 rings (SSSR count). The van der Waals surface area contributed by atoms with Crippen LogP contribution < -0.4 is 5.32 Å². The van der Waals surface area contributed by atoms with E-state index >= 15 is 0 Å². The highest BCUT2D eigenvalue weighted by Gasteiger charge is 2.26. The fourth-order valence-electron chi connectivity index (χ4n) is 1.50. The van der Waals surface area contributed by atoms with Crippen LogP contribution >= 0.6 is 0 Å². The van der Waals surface area contributed by atoms with Gasteiger partial charge in [0.25, 0.3) is 0 Å². The van der Waals surface area contributed by atoms with Crippen molar-refractivity contribution in [3.8, 4) is 0 Å². The maximum absolute atomic E-state index is 11.0. The molecule has 0 aliphatic heterocycles. The average Bonchev–Trinajstić information content (AvgIpc) is 2.34. The van der Waals surface area contributed by atoms with Gasteiger partial charge in [-0.2, -0.15) is 0 Å². The number of nitrogens with one attached hydrogen (secondary N) is 1. The molecule has 18 heavy (non-hydrogen) atoms. The van der Waals surface area contributed by atoms with Crippen molar-refractivity contribution in [3.05, 3.63) is 35.9 Å². The van der Waals surface area contributed by atoms with Crippen LogP contribution in [0, 0.1) is 0 Å². The second kappa shape index (κ2) is 6.76. The van der Waals surface area contributed by atoms with Gasteiger partial charge in [0.1, 0.15) is 0 Å². The van der Waals surface area contributed by atoms with Crippen LogP contribution in [0.5, 0.6) is 0 Å². The summed E-state index contributed by atoms with van der Waals surface area (Å²) in [7, 11) is 0. The number of rotatable bonds is 6. The van der Waals surface area contributed by atoms with Crippen molar-refractivity contribution >= 4 is 11.9 Å². The second-order valence-corrected chi connectivity index (χ2v) is 4.02. The Labute approximate surface area is 106 Å². The molecule has 0 saturated heterocycles. The fourth-order valence-corrected chi connectivity index (χ4v) is 1.50. The lowest BCUT2D eigenvalue weighted by molar-refractivity contribution is -0.146. The Morgan fingerprint density at radius 1 is 1.33 bits per heavy atom. The number of ether oxygens (including phenoxy) is 1. The smallest absolute Gasteiger partial charge is 0.328 e. The van der Waals surface area contributed by atoms with E-state index in [4.69, 9.17) is 9.84 Å².